The van der Waals surface area contributed by atoms with Gasteiger partial charge in [0, 0.05) is 0 Å². The summed E-state index contributed by atoms with van der Waals surface area (Å²) >= 11 is -1.77. The third kappa shape index (κ3) is 8.01. The molecular weight excluding hydrogens is 663 g/mol. The summed E-state index contributed by atoms with van der Waals surface area (Å²) in [7, 11) is 0. The third-order valence-corrected chi connectivity index (χ3v) is 11.6. The predicted octanol–water partition coefficient (Wildman–Crippen LogP) is 1.42. The molecule has 0 radical (unpaired) electrons. The van der Waals surface area contributed by atoms with Crippen LogP contribution in [0.4, 0.5) is 5.69 Å². The maximum atomic E-state index is 14.1. The number of hydrogen-bond acceptors (Lipinski definition) is 7. The Hall–Kier alpha value is -2.41. The third-order valence-electron chi connectivity index (χ3n) is 8.40. The second-order valence-electron chi connectivity index (χ2n) is 12.5. The second kappa shape index (κ2) is 14.1. The van der Waals surface area contributed by atoms with Crippen molar-refractivity contribution in [1.82, 2.24) is 4.90 Å². The van der Waals surface area contributed by atoms with Gasteiger partial charge in [0.15, 0.2) is 11.5 Å². The number of carboxylic acids is 1. The number of ether oxygens (including phenoxy) is 4. The molecule has 43 heavy (non-hydrogen) atoms. The summed E-state index contributed by atoms with van der Waals surface area (Å²) in [4.78, 5) is 38.2. The van der Waals surface area contributed by atoms with Crippen molar-refractivity contribution in [2.45, 2.75) is 55.3 Å². The van der Waals surface area contributed by atoms with Gasteiger partial charge in [0.25, 0.3) is 0 Å². The SMILES string of the molecule is CCCCN(C(=O)CN1C[C@H](c2ccc3c(c2)OCO3)[C@@H](C(=O)O)C1CCC1OCCO1)c1cccc(C[I-](C)(C)C)c1. The van der Waals surface area contributed by atoms with Gasteiger partial charge < -0.3 is 18.9 Å². The molecule has 0 aromatic heterocycles. The summed E-state index contributed by atoms with van der Waals surface area (Å²) < 4.78 is 23.6. The first kappa shape index (κ1) is 32.0. The zero-order chi connectivity index (χ0) is 30.6. The molecule has 0 bridgehead atoms. The fraction of sp³-hybridized carbons (Fsp3) is 0.576. The van der Waals surface area contributed by atoms with Crippen LogP contribution < -0.4 is 32.8 Å². The van der Waals surface area contributed by atoms with Gasteiger partial charge in [-0.15, -0.1) is 0 Å². The summed E-state index contributed by atoms with van der Waals surface area (Å²) in [6, 6.07) is 13.7. The van der Waals surface area contributed by atoms with Crippen LogP contribution in [0.25, 0.3) is 0 Å². The van der Waals surface area contributed by atoms with Crippen LogP contribution in [-0.2, 0) is 23.5 Å². The Bertz CT molecular complexity index is 1280. The average molecular weight is 710 g/mol. The first-order valence-electron chi connectivity index (χ1n) is 15.2. The summed E-state index contributed by atoms with van der Waals surface area (Å²) in [6.07, 6.45) is 2.66. The second-order valence-corrected chi connectivity index (χ2v) is 24.3. The van der Waals surface area contributed by atoms with Crippen molar-refractivity contribution in [1.29, 1.82) is 0 Å². The van der Waals surface area contributed by atoms with E-state index in [1.165, 1.54) is 5.56 Å². The van der Waals surface area contributed by atoms with Gasteiger partial charge in [-0.1, -0.05) is 0 Å². The number of halogens is 1. The standard InChI is InChI=1S/C33H46IN2O7/c1-5-6-14-36(25-9-7-8-23(17-25)19-34(2,3)4)30(37)21-35-20-26(24-10-12-28-29(18-24)43-22-42-28)32(33(38)39)27(35)11-13-31-40-15-16-41-31/h7-10,12,17-18,26-27,31-32H,5-6,11,13-16,19-22H2,1-4H3,(H,38,39)/q-1/t26-,27?,32-/m1/s1. The van der Waals surface area contributed by atoms with Gasteiger partial charge >= 0.3 is 204 Å². The molecule has 5 rings (SSSR count). The first-order chi connectivity index (χ1) is 20.6. The summed E-state index contributed by atoms with van der Waals surface area (Å²) in [6.45, 7) is 4.61. The molecule has 3 aliphatic heterocycles. The normalized spacial score (nSPS) is 22.7. The molecule has 10 heteroatoms. The molecule has 2 fully saturated rings. The van der Waals surface area contributed by atoms with E-state index >= 15 is 0 Å². The number of carbonyl (C=O) groups excluding carboxylic acids is 1. The van der Waals surface area contributed by atoms with Gasteiger partial charge in [-0.25, -0.2) is 0 Å². The number of carbonyl (C=O) groups is 2. The van der Waals surface area contributed by atoms with Gasteiger partial charge in [0.2, 0.25) is 6.79 Å². The van der Waals surface area contributed by atoms with E-state index in [-0.39, 0.29) is 37.5 Å². The predicted molar refractivity (Wildman–Crippen MR) is 162 cm³/mol. The molecular formula is C33H46IN2O7-. The molecule has 238 valence electrons. The molecule has 1 amide bonds. The van der Waals surface area contributed by atoms with Crippen molar-refractivity contribution in [2.24, 2.45) is 5.92 Å². The summed E-state index contributed by atoms with van der Waals surface area (Å²) in [5, 5.41) is 10.5. The average Bonchev–Trinajstić information content (AvgIpc) is 3.71. The van der Waals surface area contributed by atoms with Crippen molar-refractivity contribution in [3.8, 4) is 11.5 Å². The number of hydrogen-bond donors (Lipinski definition) is 1. The van der Waals surface area contributed by atoms with E-state index in [1.807, 2.05) is 29.2 Å². The Kier molecular flexibility index (Phi) is 10.5. The van der Waals surface area contributed by atoms with Crippen LogP contribution >= 0.6 is 0 Å². The van der Waals surface area contributed by atoms with E-state index in [9.17, 15) is 14.7 Å². The minimum absolute atomic E-state index is 0.00364. The van der Waals surface area contributed by atoms with Crippen LogP contribution in [0.3, 0.4) is 0 Å². The van der Waals surface area contributed by atoms with E-state index in [2.05, 4.69) is 44.8 Å². The van der Waals surface area contributed by atoms with Crippen molar-refractivity contribution in [3.63, 3.8) is 0 Å². The summed E-state index contributed by atoms with van der Waals surface area (Å²) in [5.74, 6) is -0.571. The van der Waals surface area contributed by atoms with Crippen LogP contribution in [0.2, 0.25) is 0 Å². The van der Waals surface area contributed by atoms with Crippen molar-refractivity contribution in [2.75, 3.05) is 59.3 Å². The molecule has 0 spiro atoms. The van der Waals surface area contributed by atoms with Gasteiger partial charge in [-0.05, 0) is 6.07 Å². The Morgan fingerprint density at radius 2 is 1.79 bits per heavy atom. The van der Waals surface area contributed by atoms with E-state index in [1.54, 1.807) is 0 Å². The molecule has 3 heterocycles. The van der Waals surface area contributed by atoms with Crippen LogP contribution in [-0.4, -0.2) is 88.6 Å². The zero-order valence-electron chi connectivity index (χ0n) is 25.8. The van der Waals surface area contributed by atoms with E-state index in [4.69, 9.17) is 18.9 Å². The quantitative estimate of drug-likeness (QED) is 0.247. The molecule has 2 aromatic rings. The molecule has 2 saturated heterocycles. The molecule has 3 aliphatic rings. The number of aliphatic carboxylic acids is 1. The Morgan fingerprint density at radius 3 is 2.51 bits per heavy atom. The number of benzene rings is 2. The molecule has 0 saturated carbocycles. The van der Waals surface area contributed by atoms with Crippen molar-refractivity contribution in [3.05, 3.63) is 53.6 Å². The van der Waals surface area contributed by atoms with E-state index in [0.29, 0.717) is 50.6 Å². The first-order valence-corrected chi connectivity index (χ1v) is 23.2. The van der Waals surface area contributed by atoms with Crippen LogP contribution in [0.5, 0.6) is 11.5 Å². The summed E-state index contributed by atoms with van der Waals surface area (Å²) in [5.41, 5.74) is 3.08. The number of unbranched alkanes of at least 4 members (excludes halogenated alkanes) is 1. The number of rotatable bonds is 13. The number of alkyl halides is 4. The fourth-order valence-electron chi connectivity index (χ4n) is 6.46. The molecule has 1 N–H and O–H groups in total. The van der Waals surface area contributed by atoms with Gasteiger partial charge in [0.05, 0.1) is 13.2 Å². The Morgan fingerprint density at radius 1 is 1.02 bits per heavy atom. The topological polar surface area (TPSA) is 97.8 Å². The molecule has 2 aromatic carbocycles. The van der Waals surface area contributed by atoms with E-state index in [0.717, 1.165) is 28.5 Å². The van der Waals surface area contributed by atoms with Crippen LogP contribution in [0.1, 0.15) is 49.7 Å². The van der Waals surface area contributed by atoms with Gasteiger partial charge in [0.1, 0.15) is 0 Å². The number of fused-ring (bicyclic) bond motifs is 1. The number of anilines is 1. The maximum absolute atomic E-state index is 14.1. The minimum atomic E-state index is -1.77. The van der Waals surface area contributed by atoms with Crippen molar-refractivity contribution < 1.29 is 52.1 Å². The Labute approximate surface area is 259 Å². The number of nitrogens with zero attached hydrogens (tertiary/aromatic N) is 2. The molecule has 3 atom stereocenters. The number of amides is 1. The molecule has 1 unspecified atom stereocenters. The molecule has 9 nitrogen and oxygen atoms in total. The van der Waals surface area contributed by atoms with Gasteiger partial charge in [-0.2, -0.15) is 0 Å². The number of carboxylic acid groups (broad SMARTS) is 1. The van der Waals surface area contributed by atoms with Crippen LogP contribution in [0, 0.1) is 5.92 Å². The fourth-order valence-corrected chi connectivity index (χ4v) is 9.58. The molecule has 0 aliphatic carbocycles. The monoisotopic (exact) mass is 709 g/mol. The number of likely N-dealkylation sites (tertiary alicyclic amines) is 1. The van der Waals surface area contributed by atoms with Gasteiger partial charge in [-0.3, -0.25) is 0 Å². The Balaban J connectivity index is 1.41. The zero-order valence-corrected chi connectivity index (χ0v) is 28.0. The van der Waals surface area contributed by atoms with E-state index < -0.39 is 30.3 Å². The van der Waals surface area contributed by atoms with Crippen LogP contribution in [0.15, 0.2) is 42.5 Å². The van der Waals surface area contributed by atoms with Crippen molar-refractivity contribution >= 4 is 17.6 Å².